The van der Waals surface area contributed by atoms with Crippen LogP contribution in [0, 0.1) is 12.7 Å². The highest BCUT2D eigenvalue weighted by Gasteiger charge is 2.17. The first-order chi connectivity index (χ1) is 7.43. The molecule has 16 heavy (non-hydrogen) atoms. The number of nitrogens with zero attached hydrogens (tertiary/aromatic N) is 1. The molecule has 0 aromatic heterocycles. The number of hydrogen-bond donors (Lipinski definition) is 0. The van der Waals surface area contributed by atoms with Crippen LogP contribution in [-0.4, -0.2) is 29.8 Å². The van der Waals surface area contributed by atoms with Crippen molar-refractivity contribution in [2.24, 2.45) is 0 Å². The van der Waals surface area contributed by atoms with Crippen molar-refractivity contribution < 1.29 is 9.18 Å². The van der Waals surface area contributed by atoms with E-state index in [1.807, 2.05) is 0 Å². The standard InChI is InChI=1S/C12H15ClFNO/c1-8-5-4-6-10(11(8)14)12(16)15(3)7-9(2)13/h4-6,9H,7H2,1-3H3. The molecule has 0 radical (unpaired) electrons. The Morgan fingerprint density at radius 2 is 2.19 bits per heavy atom. The molecule has 0 aliphatic rings. The summed E-state index contributed by atoms with van der Waals surface area (Å²) in [7, 11) is 1.61. The Hall–Kier alpha value is -1.09. The highest BCUT2D eigenvalue weighted by atomic mass is 35.5. The summed E-state index contributed by atoms with van der Waals surface area (Å²) in [4.78, 5) is 13.3. The quantitative estimate of drug-likeness (QED) is 0.748. The van der Waals surface area contributed by atoms with Gasteiger partial charge in [-0.25, -0.2) is 4.39 Å². The van der Waals surface area contributed by atoms with E-state index < -0.39 is 5.82 Å². The van der Waals surface area contributed by atoms with Gasteiger partial charge in [0.05, 0.1) is 5.56 Å². The first kappa shape index (κ1) is 13.0. The van der Waals surface area contributed by atoms with Gasteiger partial charge >= 0.3 is 0 Å². The number of aryl methyl sites for hydroxylation is 1. The summed E-state index contributed by atoms with van der Waals surface area (Å²) in [6.07, 6.45) is 0. The molecule has 4 heteroatoms. The molecular weight excluding hydrogens is 229 g/mol. The smallest absolute Gasteiger partial charge is 0.256 e. The molecule has 1 aromatic rings. The van der Waals surface area contributed by atoms with Gasteiger partial charge in [-0.2, -0.15) is 0 Å². The zero-order valence-electron chi connectivity index (χ0n) is 9.63. The van der Waals surface area contributed by atoms with Gasteiger partial charge in [0.2, 0.25) is 0 Å². The molecule has 1 rings (SSSR count). The number of benzene rings is 1. The van der Waals surface area contributed by atoms with Crippen LogP contribution in [0.5, 0.6) is 0 Å². The van der Waals surface area contributed by atoms with Crippen LogP contribution in [0.1, 0.15) is 22.8 Å². The molecule has 0 N–H and O–H groups in total. The zero-order chi connectivity index (χ0) is 12.3. The summed E-state index contributed by atoms with van der Waals surface area (Å²) in [6, 6.07) is 4.79. The summed E-state index contributed by atoms with van der Waals surface area (Å²) >= 11 is 5.79. The maximum Gasteiger partial charge on any atom is 0.256 e. The van der Waals surface area contributed by atoms with Gasteiger partial charge in [0.1, 0.15) is 5.82 Å². The molecule has 0 spiro atoms. The van der Waals surface area contributed by atoms with Crippen molar-refractivity contribution in [3.8, 4) is 0 Å². The Morgan fingerprint density at radius 3 is 2.75 bits per heavy atom. The molecule has 0 fully saturated rings. The van der Waals surface area contributed by atoms with Crippen molar-refractivity contribution in [3.63, 3.8) is 0 Å². The van der Waals surface area contributed by atoms with Crippen LogP contribution in [0.2, 0.25) is 0 Å². The number of halogens is 2. The van der Waals surface area contributed by atoms with Gasteiger partial charge in [-0.15, -0.1) is 11.6 Å². The number of rotatable bonds is 3. The van der Waals surface area contributed by atoms with E-state index >= 15 is 0 Å². The molecule has 0 heterocycles. The second-order valence-corrected chi connectivity index (χ2v) is 4.65. The van der Waals surface area contributed by atoms with Gasteiger partial charge in [0.25, 0.3) is 5.91 Å². The van der Waals surface area contributed by atoms with Crippen LogP contribution in [-0.2, 0) is 0 Å². The minimum absolute atomic E-state index is 0.0971. The van der Waals surface area contributed by atoms with E-state index in [4.69, 9.17) is 11.6 Å². The highest BCUT2D eigenvalue weighted by Crippen LogP contribution is 2.14. The Morgan fingerprint density at radius 1 is 1.56 bits per heavy atom. The summed E-state index contributed by atoms with van der Waals surface area (Å²) < 4.78 is 13.7. The van der Waals surface area contributed by atoms with Gasteiger partial charge in [0, 0.05) is 19.0 Å². The molecule has 0 saturated heterocycles. The molecule has 1 unspecified atom stereocenters. The van der Waals surface area contributed by atoms with Gasteiger partial charge in [-0.05, 0) is 25.5 Å². The normalized spacial score (nSPS) is 12.3. The molecular formula is C12H15ClFNO. The van der Waals surface area contributed by atoms with Crippen molar-refractivity contribution in [2.45, 2.75) is 19.2 Å². The van der Waals surface area contributed by atoms with Crippen molar-refractivity contribution in [1.82, 2.24) is 4.90 Å². The zero-order valence-corrected chi connectivity index (χ0v) is 10.4. The summed E-state index contributed by atoms with van der Waals surface area (Å²) in [5.74, 6) is -0.796. The lowest BCUT2D eigenvalue weighted by Crippen LogP contribution is -2.32. The molecule has 1 aromatic carbocycles. The number of alkyl halides is 1. The third kappa shape index (κ3) is 2.95. The first-order valence-electron chi connectivity index (χ1n) is 5.08. The van der Waals surface area contributed by atoms with E-state index in [2.05, 4.69) is 0 Å². The van der Waals surface area contributed by atoms with Crippen LogP contribution >= 0.6 is 11.6 Å². The van der Waals surface area contributed by atoms with Crippen molar-refractivity contribution in [2.75, 3.05) is 13.6 Å². The van der Waals surface area contributed by atoms with Crippen LogP contribution in [0.3, 0.4) is 0 Å². The molecule has 0 saturated carbocycles. The fourth-order valence-electron chi connectivity index (χ4n) is 1.48. The molecule has 0 aliphatic heterocycles. The molecule has 1 amide bonds. The topological polar surface area (TPSA) is 20.3 Å². The fourth-order valence-corrected chi connectivity index (χ4v) is 1.69. The van der Waals surface area contributed by atoms with Gasteiger partial charge in [0.15, 0.2) is 0 Å². The average molecular weight is 244 g/mol. The van der Waals surface area contributed by atoms with Crippen LogP contribution < -0.4 is 0 Å². The van der Waals surface area contributed by atoms with Crippen molar-refractivity contribution in [1.29, 1.82) is 0 Å². The lowest BCUT2D eigenvalue weighted by Gasteiger charge is -2.19. The van der Waals surface area contributed by atoms with Gasteiger partial charge < -0.3 is 4.90 Å². The lowest BCUT2D eigenvalue weighted by molar-refractivity contribution is 0.0791. The Kier molecular flexibility index (Phi) is 4.30. The summed E-state index contributed by atoms with van der Waals surface area (Å²) in [6.45, 7) is 3.82. The van der Waals surface area contributed by atoms with Gasteiger partial charge in [-0.1, -0.05) is 12.1 Å². The van der Waals surface area contributed by atoms with E-state index in [0.717, 1.165) is 0 Å². The van der Waals surface area contributed by atoms with Crippen LogP contribution in [0.4, 0.5) is 4.39 Å². The lowest BCUT2D eigenvalue weighted by atomic mass is 10.1. The fraction of sp³-hybridized carbons (Fsp3) is 0.417. The Bertz CT molecular complexity index is 393. The van der Waals surface area contributed by atoms with Crippen molar-refractivity contribution >= 4 is 17.5 Å². The minimum Gasteiger partial charge on any atom is -0.340 e. The van der Waals surface area contributed by atoms with Crippen LogP contribution in [0.25, 0.3) is 0 Å². The number of amides is 1. The summed E-state index contributed by atoms with van der Waals surface area (Å²) in [5, 5.41) is -0.151. The minimum atomic E-state index is -0.457. The number of carbonyl (C=O) groups excluding carboxylic acids is 1. The second-order valence-electron chi connectivity index (χ2n) is 3.90. The maximum absolute atomic E-state index is 13.7. The van der Waals surface area contributed by atoms with E-state index in [0.29, 0.717) is 12.1 Å². The van der Waals surface area contributed by atoms with E-state index in [1.54, 1.807) is 33.0 Å². The van der Waals surface area contributed by atoms with E-state index in [9.17, 15) is 9.18 Å². The largest absolute Gasteiger partial charge is 0.340 e. The first-order valence-corrected chi connectivity index (χ1v) is 5.51. The summed E-state index contributed by atoms with van der Waals surface area (Å²) in [5.41, 5.74) is 0.568. The average Bonchev–Trinajstić information content (AvgIpc) is 2.20. The molecule has 1 atom stereocenters. The number of hydrogen-bond acceptors (Lipinski definition) is 1. The van der Waals surface area contributed by atoms with E-state index in [1.165, 1.54) is 11.0 Å². The predicted molar refractivity (Wildman–Crippen MR) is 63.4 cm³/mol. The third-order valence-corrected chi connectivity index (χ3v) is 2.43. The van der Waals surface area contributed by atoms with Gasteiger partial charge in [-0.3, -0.25) is 4.79 Å². The SMILES string of the molecule is Cc1cccc(C(=O)N(C)CC(C)Cl)c1F. The van der Waals surface area contributed by atoms with Crippen molar-refractivity contribution in [3.05, 3.63) is 35.1 Å². The monoisotopic (exact) mass is 243 g/mol. The Balaban J connectivity index is 2.92. The maximum atomic E-state index is 13.7. The van der Waals surface area contributed by atoms with E-state index in [-0.39, 0.29) is 16.8 Å². The number of carbonyl (C=O) groups is 1. The van der Waals surface area contributed by atoms with Crippen LogP contribution in [0.15, 0.2) is 18.2 Å². The third-order valence-electron chi connectivity index (χ3n) is 2.29. The molecule has 2 nitrogen and oxygen atoms in total. The Labute approximate surface area is 100 Å². The highest BCUT2D eigenvalue weighted by molar-refractivity contribution is 6.20. The predicted octanol–water partition coefficient (Wildman–Crippen LogP) is 2.83. The molecule has 0 bridgehead atoms. The molecule has 0 aliphatic carbocycles. The second kappa shape index (κ2) is 5.30. The molecule has 88 valence electrons.